The van der Waals surface area contributed by atoms with Gasteiger partial charge in [0.05, 0.1) is 4.90 Å². The number of benzene rings is 1. The first-order valence-electron chi connectivity index (χ1n) is 5.58. The van der Waals surface area contributed by atoms with Gasteiger partial charge in [-0.15, -0.1) is 0 Å². The molecule has 0 radical (unpaired) electrons. The fraction of sp³-hybridized carbons (Fsp3) is 0.154. The van der Waals surface area contributed by atoms with Gasteiger partial charge >= 0.3 is 0 Å². The third-order valence-corrected chi connectivity index (χ3v) is 4.10. The molecule has 4 nitrogen and oxygen atoms in total. The van der Waals surface area contributed by atoms with Crippen molar-refractivity contribution >= 4 is 31.5 Å². The lowest BCUT2D eigenvalue weighted by molar-refractivity contribution is 0.602. The minimum Gasteiger partial charge on any atom is -0.381 e. The number of rotatable bonds is 4. The maximum Gasteiger partial charge on any atom is 0.175 e. The van der Waals surface area contributed by atoms with Crippen molar-refractivity contribution in [2.45, 2.75) is 11.4 Å². The third-order valence-electron chi connectivity index (χ3n) is 2.54. The fourth-order valence-electron chi connectivity index (χ4n) is 1.58. The van der Waals surface area contributed by atoms with Gasteiger partial charge < -0.3 is 5.32 Å². The summed E-state index contributed by atoms with van der Waals surface area (Å²) in [7, 11) is -3.14. The molecule has 2 rings (SSSR count). The van der Waals surface area contributed by atoms with E-state index in [9.17, 15) is 8.42 Å². The molecular formula is C13H13BrN2O2S. The summed E-state index contributed by atoms with van der Waals surface area (Å²) in [6, 6.07) is 8.67. The molecule has 0 fully saturated rings. The minimum absolute atomic E-state index is 0.321. The van der Waals surface area contributed by atoms with Crippen LogP contribution >= 0.6 is 15.9 Å². The van der Waals surface area contributed by atoms with Crippen molar-refractivity contribution in [3.63, 3.8) is 0 Å². The monoisotopic (exact) mass is 340 g/mol. The Labute approximate surface area is 120 Å². The summed E-state index contributed by atoms with van der Waals surface area (Å²) in [4.78, 5) is 4.40. The van der Waals surface area contributed by atoms with Crippen LogP contribution in [0.1, 0.15) is 5.56 Å². The number of anilines is 1. The Hall–Kier alpha value is -1.40. The smallest absolute Gasteiger partial charge is 0.175 e. The maximum absolute atomic E-state index is 11.3. The second-order valence-corrected chi connectivity index (χ2v) is 7.09. The third kappa shape index (κ3) is 4.04. The van der Waals surface area contributed by atoms with Gasteiger partial charge in [0, 0.05) is 35.4 Å². The number of nitrogens with zero attached hydrogens (tertiary/aromatic N) is 1. The molecule has 1 N–H and O–H groups in total. The van der Waals surface area contributed by atoms with E-state index in [1.165, 1.54) is 6.26 Å². The molecule has 0 aliphatic rings. The molecule has 100 valence electrons. The van der Waals surface area contributed by atoms with Crippen molar-refractivity contribution < 1.29 is 8.42 Å². The zero-order valence-electron chi connectivity index (χ0n) is 10.3. The zero-order chi connectivity index (χ0) is 13.9. The topological polar surface area (TPSA) is 59.1 Å². The number of hydrogen-bond acceptors (Lipinski definition) is 4. The van der Waals surface area contributed by atoms with Crippen molar-refractivity contribution in [3.05, 3.63) is 52.8 Å². The Morgan fingerprint density at radius 3 is 2.47 bits per heavy atom. The predicted molar refractivity (Wildman–Crippen MR) is 78.8 cm³/mol. The first-order valence-corrected chi connectivity index (χ1v) is 8.27. The van der Waals surface area contributed by atoms with Crippen LogP contribution in [-0.4, -0.2) is 19.7 Å². The van der Waals surface area contributed by atoms with Gasteiger partial charge in [-0.2, -0.15) is 0 Å². The molecule has 0 aliphatic heterocycles. The summed E-state index contributed by atoms with van der Waals surface area (Å²) in [5.41, 5.74) is 1.91. The second kappa shape index (κ2) is 5.71. The Kier molecular flexibility index (Phi) is 4.21. The Balaban J connectivity index is 2.05. The molecule has 0 unspecified atom stereocenters. The summed E-state index contributed by atoms with van der Waals surface area (Å²) >= 11 is 3.36. The van der Waals surface area contributed by atoms with E-state index in [-0.39, 0.29) is 0 Å². The van der Waals surface area contributed by atoms with E-state index in [0.717, 1.165) is 15.7 Å². The summed E-state index contributed by atoms with van der Waals surface area (Å²) in [5, 5.41) is 3.21. The highest BCUT2D eigenvalue weighted by atomic mass is 79.9. The highest BCUT2D eigenvalue weighted by Crippen LogP contribution is 2.15. The molecule has 6 heteroatoms. The molecule has 1 aromatic carbocycles. The second-order valence-electron chi connectivity index (χ2n) is 4.16. The molecule has 1 heterocycles. The van der Waals surface area contributed by atoms with Gasteiger partial charge in [-0.05, 0) is 51.8 Å². The number of sulfone groups is 1. The van der Waals surface area contributed by atoms with E-state index < -0.39 is 9.84 Å². The van der Waals surface area contributed by atoms with Gasteiger partial charge in [0.2, 0.25) is 0 Å². The summed E-state index contributed by atoms with van der Waals surface area (Å²) in [6.07, 6.45) is 4.70. The van der Waals surface area contributed by atoms with Crippen LogP contribution in [0.25, 0.3) is 0 Å². The molecule has 0 bridgehead atoms. The Bertz CT molecular complexity index is 669. The fourth-order valence-corrected chi connectivity index (χ4v) is 2.62. The van der Waals surface area contributed by atoms with E-state index in [4.69, 9.17) is 0 Å². The van der Waals surface area contributed by atoms with E-state index in [0.29, 0.717) is 11.4 Å². The van der Waals surface area contributed by atoms with Crippen LogP contribution in [-0.2, 0) is 16.4 Å². The largest absolute Gasteiger partial charge is 0.381 e. The quantitative estimate of drug-likeness (QED) is 0.929. The van der Waals surface area contributed by atoms with E-state index in [2.05, 4.69) is 26.2 Å². The molecule has 0 saturated carbocycles. The van der Waals surface area contributed by atoms with Gasteiger partial charge in [-0.3, -0.25) is 4.98 Å². The SMILES string of the molecule is CS(=O)(=O)c1ccc(NCc2cncc(Br)c2)cc1. The minimum atomic E-state index is -3.14. The lowest BCUT2D eigenvalue weighted by atomic mass is 10.2. The first-order chi connectivity index (χ1) is 8.95. The van der Waals surface area contributed by atoms with Gasteiger partial charge in [-0.25, -0.2) is 8.42 Å². The Morgan fingerprint density at radius 1 is 1.21 bits per heavy atom. The van der Waals surface area contributed by atoms with Crippen molar-refractivity contribution in [1.29, 1.82) is 0 Å². The highest BCUT2D eigenvalue weighted by molar-refractivity contribution is 9.10. The molecule has 0 aliphatic carbocycles. The lowest BCUT2D eigenvalue weighted by Crippen LogP contribution is -2.01. The van der Waals surface area contributed by atoms with Crippen molar-refractivity contribution in [3.8, 4) is 0 Å². The standard InChI is InChI=1S/C13H13BrN2O2S/c1-19(17,18)13-4-2-12(3-5-13)16-8-10-6-11(14)9-15-7-10/h2-7,9,16H,8H2,1H3. The summed E-state index contributed by atoms with van der Waals surface area (Å²) in [6.45, 7) is 0.630. The Morgan fingerprint density at radius 2 is 1.89 bits per heavy atom. The number of halogens is 1. The number of hydrogen-bond donors (Lipinski definition) is 1. The molecule has 1 aromatic heterocycles. The normalized spacial score (nSPS) is 11.3. The van der Waals surface area contributed by atoms with Crippen molar-refractivity contribution in [2.75, 3.05) is 11.6 Å². The zero-order valence-corrected chi connectivity index (χ0v) is 12.7. The number of pyridine rings is 1. The first kappa shape index (κ1) is 14.0. The van der Waals surface area contributed by atoms with Gasteiger partial charge in [0.25, 0.3) is 0 Å². The molecular weight excluding hydrogens is 328 g/mol. The van der Waals surface area contributed by atoms with Gasteiger partial charge in [0.15, 0.2) is 9.84 Å². The van der Waals surface area contributed by atoms with Crippen LogP contribution in [0, 0.1) is 0 Å². The average molecular weight is 341 g/mol. The van der Waals surface area contributed by atoms with Crippen LogP contribution in [0.3, 0.4) is 0 Å². The van der Waals surface area contributed by atoms with Crippen molar-refractivity contribution in [2.24, 2.45) is 0 Å². The molecule has 19 heavy (non-hydrogen) atoms. The maximum atomic E-state index is 11.3. The van der Waals surface area contributed by atoms with Gasteiger partial charge in [-0.1, -0.05) is 0 Å². The average Bonchev–Trinajstić information content (AvgIpc) is 2.36. The van der Waals surface area contributed by atoms with Crippen LogP contribution in [0.4, 0.5) is 5.69 Å². The molecule has 0 saturated heterocycles. The molecule has 0 amide bonds. The van der Waals surface area contributed by atoms with Crippen LogP contribution in [0.5, 0.6) is 0 Å². The van der Waals surface area contributed by atoms with Crippen LogP contribution in [0.2, 0.25) is 0 Å². The molecule has 0 atom stereocenters. The van der Waals surface area contributed by atoms with Gasteiger partial charge in [0.1, 0.15) is 0 Å². The summed E-state index contributed by atoms with van der Waals surface area (Å²) in [5.74, 6) is 0. The van der Waals surface area contributed by atoms with E-state index >= 15 is 0 Å². The van der Waals surface area contributed by atoms with E-state index in [1.54, 1.807) is 36.7 Å². The summed E-state index contributed by atoms with van der Waals surface area (Å²) < 4.78 is 23.6. The molecule has 0 spiro atoms. The highest BCUT2D eigenvalue weighted by Gasteiger charge is 2.05. The number of aromatic nitrogens is 1. The van der Waals surface area contributed by atoms with Crippen LogP contribution < -0.4 is 5.32 Å². The van der Waals surface area contributed by atoms with E-state index in [1.807, 2.05) is 6.07 Å². The molecule has 2 aromatic rings. The van der Waals surface area contributed by atoms with Crippen molar-refractivity contribution in [1.82, 2.24) is 4.98 Å². The number of nitrogens with one attached hydrogen (secondary N) is 1. The lowest BCUT2D eigenvalue weighted by Gasteiger charge is -2.07. The predicted octanol–water partition coefficient (Wildman–Crippen LogP) is 2.86. The van der Waals surface area contributed by atoms with Crippen LogP contribution in [0.15, 0.2) is 52.1 Å².